The summed E-state index contributed by atoms with van der Waals surface area (Å²) in [5.74, 6) is -0.0728. The quantitative estimate of drug-likeness (QED) is 0.534. The molecule has 35 heavy (non-hydrogen) atoms. The number of halogens is 1. The summed E-state index contributed by atoms with van der Waals surface area (Å²) in [5, 5.41) is 3.01. The van der Waals surface area contributed by atoms with Crippen molar-refractivity contribution in [1.82, 2.24) is 15.2 Å². The van der Waals surface area contributed by atoms with Crippen molar-refractivity contribution in [3.05, 3.63) is 101 Å². The van der Waals surface area contributed by atoms with Crippen molar-refractivity contribution in [2.45, 2.75) is 25.8 Å². The smallest absolute Gasteiger partial charge is 0.270 e. The minimum absolute atomic E-state index is 0.191. The largest absolute Gasteiger partial charge is 0.481 e. The van der Waals surface area contributed by atoms with E-state index >= 15 is 0 Å². The SMILES string of the molecule is COc1cccc(C(=O)N[C@H](C)c2ccc(C(=C3CC4(C3)CN(C)C4)c3ccc(F)cc3)cc2)n1. The average molecular weight is 472 g/mol. The lowest BCUT2D eigenvalue weighted by atomic mass is 9.59. The van der Waals surface area contributed by atoms with Crippen LogP contribution in [0.25, 0.3) is 5.57 Å². The molecule has 1 atom stereocenters. The number of pyridine rings is 1. The maximum Gasteiger partial charge on any atom is 0.270 e. The lowest BCUT2D eigenvalue weighted by Gasteiger charge is -2.56. The number of carbonyl (C=O) groups excluding carboxylic acids is 1. The van der Waals surface area contributed by atoms with Crippen molar-refractivity contribution in [1.29, 1.82) is 0 Å². The zero-order valence-electron chi connectivity index (χ0n) is 20.3. The van der Waals surface area contributed by atoms with E-state index in [9.17, 15) is 9.18 Å². The van der Waals surface area contributed by atoms with Crippen molar-refractivity contribution >= 4 is 11.5 Å². The Morgan fingerprint density at radius 3 is 2.26 bits per heavy atom. The van der Waals surface area contributed by atoms with E-state index in [-0.39, 0.29) is 17.8 Å². The van der Waals surface area contributed by atoms with Gasteiger partial charge in [0, 0.05) is 24.6 Å². The molecule has 1 saturated heterocycles. The summed E-state index contributed by atoms with van der Waals surface area (Å²) in [6, 6.07) is 20.0. The first-order valence-corrected chi connectivity index (χ1v) is 11.9. The number of carbonyl (C=O) groups is 1. The van der Waals surface area contributed by atoms with Gasteiger partial charge in [-0.15, -0.1) is 0 Å². The van der Waals surface area contributed by atoms with Gasteiger partial charge in [-0.05, 0) is 67.3 Å². The normalized spacial score (nSPS) is 17.3. The van der Waals surface area contributed by atoms with Gasteiger partial charge in [0.15, 0.2) is 0 Å². The van der Waals surface area contributed by atoms with Crippen LogP contribution in [0.15, 0.2) is 72.3 Å². The molecule has 1 amide bonds. The summed E-state index contributed by atoms with van der Waals surface area (Å²) in [6.45, 7) is 4.24. The van der Waals surface area contributed by atoms with Gasteiger partial charge in [0.25, 0.3) is 5.91 Å². The summed E-state index contributed by atoms with van der Waals surface area (Å²) in [5.41, 5.74) is 6.53. The molecule has 5 nitrogen and oxygen atoms in total. The highest BCUT2D eigenvalue weighted by Crippen LogP contribution is 2.54. The highest BCUT2D eigenvalue weighted by Gasteiger charge is 2.49. The number of likely N-dealkylation sites (tertiary alicyclic amines) is 1. The fraction of sp³-hybridized carbons (Fsp3) is 0.310. The van der Waals surface area contributed by atoms with E-state index in [1.807, 2.05) is 19.1 Å². The molecule has 0 unspecified atom stereocenters. The summed E-state index contributed by atoms with van der Waals surface area (Å²) in [7, 11) is 3.69. The van der Waals surface area contributed by atoms with Gasteiger partial charge >= 0.3 is 0 Å². The van der Waals surface area contributed by atoms with Crippen LogP contribution in [-0.4, -0.2) is 43.0 Å². The Labute approximate surface area is 205 Å². The Morgan fingerprint density at radius 2 is 1.66 bits per heavy atom. The van der Waals surface area contributed by atoms with Gasteiger partial charge < -0.3 is 15.0 Å². The molecule has 2 heterocycles. The molecule has 1 aromatic heterocycles. The molecule has 6 heteroatoms. The molecule has 1 aliphatic heterocycles. The van der Waals surface area contributed by atoms with Gasteiger partial charge in [0.05, 0.1) is 13.2 Å². The van der Waals surface area contributed by atoms with E-state index in [0.717, 1.165) is 42.6 Å². The van der Waals surface area contributed by atoms with Gasteiger partial charge in [0.1, 0.15) is 11.5 Å². The molecule has 0 radical (unpaired) electrons. The second-order valence-corrected chi connectivity index (χ2v) is 9.89. The van der Waals surface area contributed by atoms with Crippen LogP contribution in [0.4, 0.5) is 4.39 Å². The van der Waals surface area contributed by atoms with Crippen molar-refractivity contribution in [2.75, 3.05) is 27.2 Å². The van der Waals surface area contributed by atoms with Crippen LogP contribution in [0.1, 0.15) is 53.0 Å². The average Bonchev–Trinajstić information content (AvgIpc) is 2.83. The number of hydrogen-bond acceptors (Lipinski definition) is 4. The summed E-state index contributed by atoms with van der Waals surface area (Å²) in [6.07, 6.45) is 2.18. The number of nitrogens with one attached hydrogen (secondary N) is 1. The number of methoxy groups -OCH3 is 1. The van der Waals surface area contributed by atoms with E-state index in [2.05, 4.69) is 46.5 Å². The molecule has 2 fully saturated rings. The topological polar surface area (TPSA) is 54.5 Å². The first-order chi connectivity index (χ1) is 16.9. The second kappa shape index (κ2) is 9.27. The summed E-state index contributed by atoms with van der Waals surface area (Å²) >= 11 is 0. The summed E-state index contributed by atoms with van der Waals surface area (Å²) in [4.78, 5) is 19.2. The minimum atomic E-state index is -0.250. The van der Waals surface area contributed by atoms with Crippen molar-refractivity contribution < 1.29 is 13.9 Å². The Bertz CT molecular complexity index is 1250. The van der Waals surface area contributed by atoms with Crippen LogP contribution in [0.2, 0.25) is 0 Å². The molecule has 1 spiro atoms. The number of nitrogens with zero attached hydrogens (tertiary/aromatic N) is 2. The third-order valence-electron chi connectivity index (χ3n) is 7.09. The Kier molecular flexibility index (Phi) is 6.15. The van der Waals surface area contributed by atoms with Gasteiger partial charge in [-0.2, -0.15) is 0 Å². The minimum Gasteiger partial charge on any atom is -0.481 e. The molecule has 1 saturated carbocycles. The Balaban J connectivity index is 1.36. The van der Waals surface area contributed by atoms with Crippen LogP contribution in [0, 0.1) is 11.2 Å². The van der Waals surface area contributed by atoms with Crippen LogP contribution in [-0.2, 0) is 0 Å². The molecule has 0 bridgehead atoms. The van der Waals surface area contributed by atoms with E-state index in [0.29, 0.717) is 17.0 Å². The number of ether oxygens (including phenoxy) is 1. The molecule has 2 aliphatic rings. The summed E-state index contributed by atoms with van der Waals surface area (Å²) < 4.78 is 18.7. The van der Waals surface area contributed by atoms with Crippen LogP contribution >= 0.6 is 0 Å². The van der Waals surface area contributed by atoms with Crippen molar-refractivity contribution in [3.63, 3.8) is 0 Å². The van der Waals surface area contributed by atoms with Gasteiger partial charge in [-0.3, -0.25) is 4.79 Å². The number of benzene rings is 2. The predicted octanol–water partition coefficient (Wildman–Crippen LogP) is 5.25. The third-order valence-corrected chi connectivity index (χ3v) is 7.09. The maximum atomic E-state index is 13.6. The molecule has 1 N–H and O–H groups in total. The van der Waals surface area contributed by atoms with Crippen LogP contribution < -0.4 is 10.1 Å². The molecular weight excluding hydrogens is 441 g/mol. The molecule has 2 aromatic carbocycles. The van der Waals surface area contributed by atoms with E-state index in [1.165, 1.54) is 30.4 Å². The first-order valence-electron chi connectivity index (χ1n) is 11.9. The fourth-order valence-electron chi connectivity index (χ4n) is 5.49. The zero-order chi connectivity index (χ0) is 24.6. The monoisotopic (exact) mass is 471 g/mol. The lowest BCUT2D eigenvalue weighted by Crippen LogP contribution is -2.58. The molecule has 3 aromatic rings. The highest BCUT2D eigenvalue weighted by atomic mass is 19.1. The molecule has 180 valence electrons. The van der Waals surface area contributed by atoms with Crippen LogP contribution in [0.5, 0.6) is 5.88 Å². The molecule has 5 rings (SSSR count). The third kappa shape index (κ3) is 4.71. The standard InChI is InChI=1S/C29H30FN3O2/c1-19(31-28(34)25-5-4-6-26(32-25)35-3)20-7-9-21(10-8-20)27(22-11-13-24(30)14-12-22)23-15-29(16-23)17-33(2)18-29/h4-14,19H,15-18H2,1-3H3,(H,31,34)/t19-/m1/s1. The Hall–Kier alpha value is -3.51. The molecule has 1 aliphatic carbocycles. The second-order valence-electron chi connectivity index (χ2n) is 9.89. The number of aromatic nitrogens is 1. The van der Waals surface area contributed by atoms with Crippen LogP contribution in [0.3, 0.4) is 0 Å². The zero-order valence-corrected chi connectivity index (χ0v) is 20.3. The number of allylic oxidation sites excluding steroid dienone is 1. The Morgan fingerprint density at radius 1 is 1.03 bits per heavy atom. The molecular formula is C29H30FN3O2. The van der Waals surface area contributed by atoms with Crippen molar-refractivity contribution in [2.24, 2.45) is 5.41 Å². The lowest BCUT2D eigenvalue weighted by molar-refractivity contribution is -0.0106. The van der Waals surface area contributed by atoms with E-state index in [1.54, 1.807) is 18.2 Å². The van der Waals surface area contributed by atoms with Gasteiger partial charge in [-0.25, -0.2) is 9.37 Å². The maximum absolute atomic E-state index is 13.6. The number of hydrogen-bond donors (Lipinski definition) is 1. The van der Waals surface area contributed by atoms with Gasteiger partial charge in [-0.1, -0.05) is 48.0 Å². The predicted molar refractivity (Wildman–Crippen MR) is 135 cm³/mol. The van der Waals surface area contributed by atoms with E-state index < -0.39 is 0 Å². The number of amides is 1. The fourth-order valence-corrected chi connectivity index (χ4v) is 5.49. The highest BCUT2D eigenvalue weighted by molar-refractivity contribution is 5.92. The number of rotatable bonds is 6. The first kappa shape index (κ1) is 23.2. The van der Waals surface area contributed by atoms with Gasteiger partial charge in [0.2, 0.25) is 5.88 Å². The van der Waals surface area contributed by atoms with Crippen molar-refractivity contribution in [3.8, 4) is 5.88 Å². The van der Waals surface area contributed by atoms with E-state index in [4.69, 9.17) is 4.74 Å².